The van der Waals surface area contributed by atoms with Gasteiger partial charge in [-0.25, -0.2) is 0 Å². The summed E-state index contributed by atoms with van der Waals surface area (Å²) >= 11 is 0. The lowest BCUT2D eigenvalue weighted by Gasteiger charge is -2.21. The summed E-state index contributed by atoms with van der Waals surface area (Å²) in [7, 11) is 4.31. The summed E-state index contributed by atoms with van der Waals surface area (Å²) in [6.07, 6.45) is 8.82. The topological polar surface area (TPSA) is 3.24 Å². The quantitative estimate of drug-likeness (QED) is 0.613. The molecule has 0 heterocycles. The molecule has 0 aliphatic carbocycles. The van der Waals surface area contributed by atoms with E-state index in [1.54, 1.807) is 0 Å². The SMILES string of the molecule is C/C=C\C=C(/C)C(CCN(C)C)Cc1cccc2ccccc12. The van der Waals surface area contributed by atoms with E-state index in [2.05, 4.69) is 93.5 Å². The van der Waals surface area contributed by atoms with Crippen LogP contribution in [-0.2, 0) is 6.42 Å². The molecule has 0 aliphatic rings. The number of hydrogen-bond acceptors (Lipinski definition) is 1. The minimum atomic E-state index is 0.583. The first kappa shape index (κ1) is 17.5. The fraction of sp³-hybridized carbons (Fsp3) is 0.364. The average molecular weight is 307 g/mol. The Morgan fingerprint density at radius 1 is 1.09 bits per heavy atom. The van der Waals surface area contributed by atoms with Crippen LogP contribution in [0.5, 0.6) is 0 Å². The molecule has 0 amide bonds. The van der Waals surface area contributed by atoms with Crippen molar-refractivity contribution in [2.45, 2.75) is 26.7 Å². The highest BCUT2D eigenvalue weighted by molar-refractivity contribution is 5.85. The van der Waals surface area contributed by atoms with Crippen molar-refractivity contribution in [2.75, 3.05) is 20.6 Å². The molecule has 122 valence electrons. The van der Waals surface area contributed by atoms with Crippen LogP contribution in [0.1, 0.15) is 25.8 Å². The van der Waals surface area contributed by atoms with Gasteiger partial charge in [0, 0.05) is 0 Å². The summed E-state index contributed by atoms with van der Waals surface area (Å²) in [6, 6.07) is 15.4. The molecule has 1 nitrogen and oxygen atoms in total. The lowest BCUT2D eigenvalue weighted by Crippen LogP contribution is -2.18. The van der Waals surface area contributed by atoms with Crippen molar-refractivity contribution in [1.29, 1.82) is 0 Å². The monoisotopic (exact) mass is 307 g/mol. The van der Waals surface area contributed by atoms with Gasteiger partial charge in [-0.05, 0) is 69.6 Å². The number of nitrogens with zero attached hydrogens (tertiary/aromatic N) is 1. The van der Waals surface area contributed by atoms with Crippen molar-refractivity contribution in [1.82, 2.24) is 4.90 Å². The maximum absolute atomic E-state index is 2.29. The zero-order valence-electron chi connectivity index (χ0n) is 14.9. The average Bonchev–Trinajstić information content (AvgIpc) is 2.56. The largest absolute Gasteiger partial charge is 0.309 e. The fourth-order valence-corrected chi connectivity index (χ4v) is 3.02. The van der Waals surface area contributed by atoms with Gasteiger partial charge in [0.2, 0.25) is 0 Å². The molecular formula is C22H29N. The molecule has 1 unspecified atom stereocenters. The zero-order valence-corrected chi connectivity index (χ0v) is 14.9. The van der Waals surface area contributed by atoms with Gasteiger partial charge < -0.3 is 4.90 Å². The van der Waals surface area contributed by atoms with Crippen LogP contribution >= 0.6 is 0 Å². The molecule has 0 spiro atoms. The van der Waals surface area contributed by atoms with Crippen LogP contribution in [0.3, 0.4) is 0 Å². The maximum Gasteiger partial charge on any atom is -0.00190 e. The van der Waals surface area contributed by atoms with Gasteiger partial charge in [-0.1, -0.05) is 66.3 Å². The molecule has 0 aromatic heterocycles. The zero-order chi connectivity index (χ0) is 16.7. The van der Waals surface area contributed by atoms with E-state index in [4.69, 9.17) is 0 Å². The molecule has 0 saturated carbocycles. The van der Waals surface area contributed by atoms with Gasteiger partial charge >= 0.3 is 0 Å². The molecule has 0 radical (unpaired) electrons. The molecule has 1 heteroatoms. The van der Waals surface area contributed by atoms with Crippen molar-refractivity contribution in [3.05, 3.63) is 71.8 Å². The highest BCUT2D eigenvalue weighted by Crippen LogP contribution is 2.26. The van der Waals surface area contributed by atoms with Crippen LogP contribution in [0.25, 0.3) is 10.8 Å². The van der Waals surface area contributed by atoms with Crippen LogP contribution in [0, 0.1) is 5.92 Å². The van der Waals surface area contributed by atoms with Gasteiger partial charge in [0.1, 0.15) is 0 Å². The van der Waals surface area contributed by atoms with E-state index in [1.807, 2.05) is 0 Å². The van der Waals surface area contributed by atoms with Crippen LogP contribution in [0.4, 0.5) is 0 Å². The first-order valence-corrected chi connectivity index (χ1v) is 8.52. The Morgan fingerprint density at radius 2 is 1.83 bits per heavy atom. The Morgan fingerprint density at radius 3 is 2.57 bits per heavy atom. The van der Waals surface area contributed by atoms with Gasteiger partial charge in [-0.3, -0.25) is 0 Å². The Hall–Kier alpha value is -1.86. The summed E-state index contributed by atoms with van der Waals surface area (Å²) in [5.41, 5.74) is 2.93. The number of hydrogen-bond donors (Lipinski definition) is 0. The highest BCUT2D eigenvalue weighted by atomic mass is 15.0. The first-order valence-electron chi connectivity index (χ1n) is 8.52. The third-order valence-electron chi connectivity index (χ3n) is 4.47. The Bertz CT molecular complexity index is 674. The van der Waals surface area contributed by atoms with Crippen molar-refractivity contribution in [3.8, 4) is 0 Å². The number of fused-ring (bicyclic) bond motifs is 1. The van der Waals surface area contributed by atoms with Crippen LogP contribution < -0.4 is 0 Å². The Labute approximate surface area is 141 Å². The molecular weight excluding hydrogens is 278 g/mol. The minimum Gasteiger partial charge on any atom is -0.309 e. The second-order valence-electron chi connectivity index (χ2n) is 6.57. The van der Waals surface area contributed by atoms with E-state index in [1.165, 1.54) is 28.3 Å². The lowest BCUT2D eigenvalue weighted by molar-refractivity contribution is 0.366. The molecule has 2 rings (SSSR count). The smallest absolute Gasteiger partial charge is 0.00190 e. The third-order valence-corrected chi connectivity index (χ3v) is 4.47. The van der Waals surface area contributed by atoms with Crippen molar-refractivity contribution in [3.63, 3.8) is 0 Å². The molecule has 0 aliphatic heterocycles. The first-order chi connectivity index (χ1) is 11.1. The van der Waals surface area contributed by atoms with Gasteiger partial charge in [0.25, 0.3) is 0 Å². The predicted octanol–water partition coefficient (Wildman–Crippen LogP) is 5.47. The number of allylic oxidation sites excluding steroid dienone is 4. The van der Waals surface area contributed by atoms with E-state index >= 15 is 0 Å². The summed E-state index contributed by atoms with van der Waals surface area (Å²) in [4.78, 5) is 2.28. The van der Waals surface area contributed by atoms with E-state index in [9.17, 15) is 0 Å². The molecule has 0 bridgehead atoms. The van der Waals surface area contributed by atoms with Crippen LogP contribution in [0.15, 0.2) is 66.3 Å². The molecule has 23 heavy (non-hydrogen) atoms. The van der Waals surface area contributed by atoms with Crippen molar-refractivity contribution in [2.24, 2.45) is 5.92 Å². The third kappa shape index (κ3) is 5.07. The second kappa shape index (κ2) is 8.69. The predicted molar refractivity (Wildman–Crippen MR) is 103 cm³/mol. The standard InChI is InChI=1S/C22H29N/c1-5-6-10-18(2)20(15-16-23(3)4)17-21-13-9-12-19-11-7-8-14-22(19)21/h5-14,20H,15-17H2,1-4H3/b6-5-,18-10+. The number of benzene rings is 2. The molecule has 2 aromatic rings. The van der Waals surface area contributed by atoms with Gasteiger partial charge in [0.05, 0.1) is 0 Å². The summed E-state index contributed by atoms with van der Waals surface area (Å²) in [6.45, 7) is 5.46. The molecule has 0 fully saturated rings. The van der Waals surface area contributed by atoms with E-state index in [-0.39, 0.29) is 0 Å². The normalized spacial score (nSPS) is 14.0. The van der Waals surface area contributed by atoms with Crippen molar-refractivity contribution < 1.29 is 0 Å². The van der Waals surface area contributed by atoms with E-state index in [0.29, 0.717) is 5.92 Å². The molecule has 1 atom stereocenters. The summed E-state index contributed by atoms with van der Waals surface area (Å²) < 4.78 is 0. The summed E-state index contributed by atoms with van der Waals surface area (Å²) in [5, 5.41) is 2.73. The second-order valence-corrected chi connectivity index (χ2v) is 6.57. The van der Waals surface area contributed by atoms with Gasteiger partial charge in [-0.2, -0.15) is 0 Å². The van der Waals surface area contributed by atoms with Gasteiger partial charge in [0.15, 0.2) is 0 Å². The molecule has 0 N–H and O–H groups in total. The molecule has 0 saturated heterocycles. The fourth-order valence-electron chi connectivity index (χ4n) is 3.02. The van der Waals surface area contributed by atoms with Crippen LogP contribution in [-0.4, -0.2) is 25.5 Å². The van der Waals surface area contributed by atoms with Gasteiger partial charge in [-0.15, -0.1) is 0 Å². The van der Waals surface area contributed by atoms with Crippen LogP contribution in [0.2, 0.25) is 0 Å². The Kier molecular flexibility index (Phi) is 6.61. The van der Waals surface area contributed by atoms with Crippen molar-refractivity contribution >= 4 is 10.8 Å². The van der Waals surface area contributed by atoms with E-state index < -0.39 is 0 Å². The summed E-state index contributed by atoms with van der Waals surface area (Å²) in [5.74, 6) is 0.583. The molecule has 2 aromatic carbocycles. The minimum absolute atomic E-state index is 0.583. The number of rotatable bonds is 7. The maximum atomic E-state index is 2.29. The van der Waals surface area contributed by atoms with E-state index in [0.717, 1.165) is 13.0 Å². The Balaban J connectivity index is 2.28. The lowest BCUT2D eigenvalue weighted by atomic mass is 9.87. The highest BCUT2D eigenvalue weighted by Gasteiger charge is 2.13.